The topological polar surface area (TPSA) is 40.6 Å². The number of aromatic nitrogens is 1. The summed E-state index contributed by atoms with van der Waals surface area (Å²) in [6, 6.07) is 13.2. The van der Waals surface area contributed by atoms with Crippen molar-refractivity contribution in [1.29, 1.82) is 0 Å². The Balaban J connectivity index is 1.34. The van der Waals surface area contributed by atoms with Crippen LogP contribution in [0.3, 0.4) is 0 Å². The zero-order valence-electron chi connectivity index (χ0n) is 18.9. The summed E-state index contributed by atoms with van der Waals surface area (Å²) in [5.41, 5.74) is 2.20. The number of rotatable bonds is 7. The number of nitrogens with zero attached hydrogens (tertiary/aromatic N) is 3. The molecule has 0 radical (unpaired) electrons. The number of piperazine rings is 1. The first-order valence-electron chi connectivity index (χ1n) is 11.2. The number of fused-ring (bicyclic) bond motifs is 1. The molecule has 1 aliphatic rings. The molecule has 2 heterocycles. The second-order valence-corrected chi connectivity index (χ2v) is 8.81. The minimum absolute atomic E-state index is 0.299. The number of anilines is 2. The van der Waals surface area contributed by atoms with E-state index in [1.54, 1.807) is 6.07 Å². The van der Waals surface area contributed by atoms with Crippen molar-refractivity contribution in [3.8, 4) is 0 Å². The van der Waals surface area contributed by atoms with Crippen molar-refractivity contribution in [3.63, 3.8) is 0 Å². The number of halogens is 3. The van der Waals surface area contributed by atoms with E-state index in [0.717, 1.165) is 56.1 Å². The predicted molar refractivity (Wildman–Crippen MR) is 124 cm³/mol. The Morgan fingerprint density at radius 1 is 1.00 bits per heavy atom. The van der Waals surface area contributed by atoms with Gasteiger partial charge < -0.3 is 10.2 Å². The number of alkyl halides is 3. The number of nitrogens with one attached hydrogen (secondary N) is 1. The Kier molecular flexibility index (Phi) is 7.17. The minimum Gasteiger partial charge on any atom is -0.355 e. The van der Waals surface area contributed by atoms with Gasteiger partial charge in [0, 0.05) is 55.7 Å². The summed E-state index contributed by atoms with van der Waals surface area (Å²) < 4.78 is 39.0. The SMILES string of the molecule is CC(C)CN1CCN(OCc2ccc(Nc3ccnc4cc(C(F)(F)F)ccc34)cc2)CC1. The first-order valence-corrected chi connectivity index (χ1v) is 11.2. The average molecular weight is 459 g/mol. The van der Waals surface area contributed by atoms with E-state index in [1.807, 2.05) is 29.3 Å². The molecule has 0 spiro atoms. The first-order chi connectivity index (χ1) is 15.8. The van der Waals surface area contributed by atoms with Crippen LogP contribution in [0.5, 0.6) is 0 Å². The number of hydrogen-bond donors (Lipinski definition) is 1. The summed E-state index contributed by atoms with van der Waals surface area (Å²) in [7, 11) is 0. The third-order valence-electron chi connectivity index (χ3n) is 5.67. The van der Waals surface area contributed by atoms with Crippen molar-refractivity contribution in [3.05, 3.63) is 65.9 Å². The van der Waals surface area contributed by atoms with Crippen molar-refractivity contribution < 1.29 is 18.0 Å². The van der Waals surface area contributed by atoms with Crippen molar-refractivity contribution >= 4 is 22.3 Å². The molecule has 1 saturated heterocycles. The van der Waals surface area contributed by atoms with Crippen LogP contribution in [0.15, 0.2) is 54.7 Å². The first kappa shape index (κ1) is 23.5. The molecule has 176 valence electrons. The zero-order valence-corrected chi connectivity index (χ0v) is 18.9. The van der Waals surface area contributed by atoms with Gasteiger partial charge in [-0.05, 0) is 41.8 Å². The highest BCUT2D eigenvalue weighted by molar-refractivity contribution is 5.93. The Hall–Kier alpha value is -2.68. The predicted octanol–water partition coefficient (Wildman–Crippen LogP) is 5.70. The fourth-order valence-electron chi connectivity index (χ4n) is 4.00. The van der Waals surface area contributed by atoms with Crippen molar-refractivity contribution in [2.75, 3.05) is 38.0 Å². The van der Waals surface area contributed by atoms with Crippen molar-refractivity contribution in [2.24, 2.45) is 5.92 Å². The van der Waals surface area contributed by atoms with E-state index in [2.05, 4.69) is 29.0 Å². The fourth-order valence-corrected chi connectivity index (χ4v) is 4.00. The van der Waals surface area contributed by atoms with Crippen LogP contribution in [0.25, 0.3) is 10.9 Å². The highest BCUT2D eigenvalue weighted by atomic mass is 19.4. The highest BCUT2D eigenvalue weighted by Gasteiger charge is 2.30. The summed E-state index contributed by atoms with van der Waals surface area (Å²) in [5, 5.41) is 5.94. The maximum atomic E-state index is 13.0. The van der Waals surface area contributed by atoms with Crippen LogP contribution in [-0.4, -0.2) is 47.7 Å². The zero-order chi connectivity index (χ0) is 23.4. The molecule has 0 unspecified atom stereocenters. The lowest BCUT2D eigenvalue weighted by molar-refractivity contribution is -0.186. The Bertz CT molecular complexity index is 1060. The summed E-state index contributed by atoms with van der Waals surface area (Å²) in [5.74, 6) is 0.673. The van der Waals surface area contributed by atoms with Crippen LogP contribution in [0, 0.1) is 5.92 Å². The molecule has 1 fully saturated rings. The molecule has 2 aromatic carbocycles. The van der Waals surface area contributed by atoms with E-state index in [0.29, 0.717) is 29.1 Å². The molecular weight excluding hydrogens is 429 g/mol. The summed E-state index contributed by atoms with van der Waals surface area (Å²) >= 11 is 0. The summed E-state index contributed by atoms with van der Waals surface area (Å²) in [6.45, 7) is 9.94. The summed E-state index contributed by atoms with van der Waals surface area (Å²) in [4.78, 5) is 12.5. The maximum Gasteiger partial charge on any atom is 0.416 e. The lowest BCUT2D eigenvalue weighted by atomic mass is 10.1. The van der Waals surface area contributed by atoms with Crippen LogP contribution in [0.1, 0.15) is 25.0 Å². The van der Waals surface area contributed by atoms with Crippen LogP contribution in [0.2, 0.25) is 0 Å². The monoisotopic (exact) mass is 458 g/mol. The molecule has 5 nitrogen and oxygen atoms in total. The van der Waals surface area contributed by atoms with Crippen LogP contribution < -0.4 is 5.32 Å². The molecule has 8 heteroatoms. The van der Waals surface area contributed by atoms with Gasteiger partial charge in [0.2, 0.25) is 0 Å². The Morgan fingerprint density at radius 2 is 1.73 bits per heavy atom. The Morgan fingerprint density at radius 3 is 2.39 bits per heavy atom. The van der Waals surface area contributed by atoms with E-state index >= 15 is 0 Å². The minimum atomic E-state index is -4.39. The molecular formula is C25H29F3N4O. The van der Waals surface area contributed by atoms with Gasteiger partial charge in [0.15, 0.2) is 0 Å². The smallest absolute Gasteiger partial charge is 0.355 e. The van der Waals surface area contributed by atoms with Gasteiger partial charge in [-0.15, -0.1) is 0 Å². The molecule has 1 aliphatic heterocycles. The second kappa shape index (κ2) is 10.1. The van der Waals surface area contributed by atoms with Crippen LogP contribution in [0.4, 0.5) is 24.5 Å². The lowest BCUT2D eigenvalue weighted by Crippen LogP contribution is -2.47. The van der Waals surface area contributed by atoms with Gasteiger partial charge in [0.1, 0.15) is 0 Å². The molecule has 0 saturated carbocycles. The van der Waals surface area contributed by atoms with E-state index in [9.17, 15) is 13.2 Å². The highest BCUT2D eigenvalue weighted by Crippen LogP contribution is 2.33. The van der Waals surface area contributed by atoms with Crippen LogP contribution in [-0.2, 0) is 17.6 Å². The second-order valence-electron chi connectivity index (χ2n) is 8.81. The van der Waals surface area contributed by atoms with Gasteiger partial charge in [-0.2, -0.15) is 18.2 Å². The molecule has 4 rings (SSSR count). The quantitative estimate of drug-likeness (QED) is 0.492. The Labute approximate surface area is 192 Å². The number of hydroxylamine groups is 2. The lowest BCUT2D eigenvalue weighted by Gasteiger charge is -2.34. The summed E-state index contributed by atoms with van der Waals surface area (Å²) in [6.07, 6.45) is -2.88. The third-order valence-corrected chi connectivity index (χ3v) is 5.67. The molecule has 0 bridgehead atoms. The number of pyridine rings is 1. The molecule has 33 heavy (non-hydrogen) atoms. The third kappa shape index (κ3) is 6.22. The normalized spacial score (nSPS) is 15.9. The van der Waals surface area contributed by atoms with Gasteiger partial charge >= 0.3 is 6.18 Å². The van der Waals surface area contributed by atoms with Gasteiger partial charge in [-0.25, -0.2) is 0 Å². The fraction of sp³-hybridized carbons (Fsp3) is 0.400. The van der Waals surface area contributed by atoms with E-state index < -0.39 is 11.7 Å². The van der Waals surface area contributed by atoms with Crippen molar-refractivity contribution in [2.45, 2.75) is 26.6 Å². The number of hydrogen-bond acceptors (Lipinski definition) is 5. The van der Waals surface area contributed by atoms with Gasteiger partial charge in [-0.1, -0.05) is 32.0 Å². The molecule has 0 amide bonds. The molecule has 1 aromatic heterocycles. The van der Waals surface area contributed by atoms with Gasteiger partial charge in [-0.3, -0.25) is 9.82 Å². The maximum absolute atomic E-state index is 13.0. The molecule has 3 aromatic rings. The number of benzene rings is 2. The van der Waals surface area contributed by atoms with Gasteiger partial charge in [0.05, 0.1) is 17.7 Å². The van der Waals surface area contributed by atoms with E-state index in [1.165, 1.54) is 12.3 Å². The molecule has 0 aliphatic carbocycles. The van der Waals surface area contributed by atoms with Crippen LogP contribution >= 0.6 is 0 Å². The molecule has 1 N–H and O–H groups in total. The molecule has 0 atom stereocenters. The van der Waals surface area contributed by atoms with E-state index in [4.69, 9.17) is 4.84 Å². The van der Waals surface area contributed by atoms with Gasteiger partial charge in [0.25, 0.3) is 0 Å². The van der Waals surface area contributed by atoms with Crippen molar-refractivity contribution in [1.82, 2.24) is 14.9 Å². The average Bonchev–Trinajstić information content (AvgIpc) is 2.78. The van der Waals surface area contributed by atoms with E-state index in [-0.39, 0.29) is 0 Å². The largest absolute Gasteiger partial charge is 0.416 e. The standard InChI is InChI=1S/C25H29F3N4O/c1-18(2)16-31-11-13-32(14-12-31)33-17-19-3-6-21(7-4-19)30-23-9-10-29-24-15-20(25(26,27)28)5-8-22(23)24/h3-10,15,18H,11-14,16-17H2,1-2H3,(H,29,30).